The van der Waals surface area contributed by atoms with Crippen LogP contribution in [0.2, 0.25) is 13.1 Å². The van der Waals surface area contributed by atoms with Crippen molar-refractivity contribution in [2.24, 2.45) is 0 Å². The minimum atomic E-state index is -0.826. The van der Waals surface area contributed by atoms with E-state index in [4.69, 9.17) is 17.0 Å². The van der Waals surface area contributed by atoms with Gasteiger partial charge in [-0.05, 0) is 17.0 Å². The van der Waals surface area contributed by atoms with E-state index in [-0.39, 0.29) is 0 Å². The number of halogens is 2. The molecular formula is C38H40Cl2SiZr. The molecule has 6 rings (SSSR count). The van der Waals surface area contributed by atoms with Gasteiger partial charge in [-0.1, -0.05) is 132 Å². The standard InChI is InChI=1S/C19H19.C17H15.C2H6Si.2ClH.Zr/c1-13(2)16-11-18-14(3)9-10-17(19(18)12-16)15-7-5-4-6-8-15;1-12-10-16-13(2)8-9-15(17(16)11-12)14-6-4-3-5-7-14;1-3-2;;;/h4-13H,1-3H3;3-11H,1-2H3;1-2H3;2*1H;/q2*-1;;;;+4/p-2. The summed E-state index contributed by atoms with van der Waals surface area (Å²) in [5, 5.41) is 5.53. The molecule has 0 aliphatic rings. The van der Waals surface area contributed by atoms with Crippen LogP contribution in [-0.2, 0) is 20.8 Å². The van der Waals surface area contributed by atoms with Gasteiger partial charge >= 0.3 is 37.9 Å². The van der Waals surface area contributed by atoms with Crippen molar-refractivity contribution in [3.8, 4) is 22.3 Å². The molecule has 0 aliphatic heterocycles. The number of hydrogen-bond acceptors (Lipinski definition) is 0. The van der Waals surface area contributed by atoms with Crippen molar-refractivity contribution in [1.82, 2.24) is 0 Å². The molecule has 0 bridgehead atoms. The zero-order valence-electron chi connectivity index (χ0n) is 25.7. The Morgan fingerprint density at radius 1 is 0.619 bits per heavy atom. The Balaban J connectivity index is 0.000000195. The SMILES string of the molecule is C[Si]C.Cc1cc2c(-c3ccccc3)ccc(C)c2[cH-]1.Cc1ccc(-c2ccccc2)c2cc(C(C)C)[cH-]c12.[Cl][Zr+2][Cl]. The van der Waals surface area contributed by atoms with Gasteiger partial charge < -0.3 is 0 Å². The molecule has 0 heterocycles. The van der Waals surface area contributed by atoms with E-state index in [0.29, 0.717) is 5.92 Å². The van der Waals surface area contributed by atoms with Crippen LogP contribution in [0.25, 0.3) is 43.8 Å². The van der Waals surface area contributed by atoms with Crippen molar-refractivity contribution < 1.29 is 20.8 Å². The van der Waals surface area contributed by atoms with Gasteiger partial charge in [0.2, 0.25) is 0 Å². The molecule has 0 saturated carbocycles. The third kappa shape index (κ3) is 8.90. The van der Waals surface area contributed by atoms with Crippen molar-refractivity contribution in [1.29, 1.82) is 0 Å². The number of hydrogen-bond donors (Lipinski definition) is 0. The normalized spacial score (nSPS) is 10.2. The van der Waals surface area contributed by atoms with Crippen LogP contribution < -0.4 is 0 Å². The van der Waals surface area contributed by atoms with Crippen LogP contribution in [0.3, 0.4) is 0 Å². The maximum absolute atomic E-state index is 4.93. The van der Waals surface area contributed by atoms with Crippen molar-refractivity contribution >= 4 is 48.1 Å². The molecule has 0 nitrogen and oxygen atoms in total. The van der Waals surface area contributed by atoms with Crippen LogP contribution in [0, 0.1) is 20.8 Å². The predicted octanol–water partition coefficient (Wildman–Crippen LogP) is 12.7. The van der Waals surface area contributed by atoms with E-state index in [2.05, 4.69) is 157 Å². The summed E-state index contributed by atoms with van der Waals surface area (Å²) in [6.07, 6.45) is 0. The Bertz CT molecular complexity index is 1660. The van der Waals surface area contributed by atoms with Gasteiger partial charge in [0, 0.05) is 9.52 Å². The van der Waals surface area contributed by atoms with Crippen LogP contribution in [0.5, 0.6) is 0 Å². The first-order valence-electron chi connectivity index (χ1n) is 14.3. The van der Waals surface area contributed by atoms with Crippen LogP contribution in [0.15, 0.2) is 109 Å². The monoisotopic (exact) mass is 684 g/mol. The molecule has 0 unspecified atom stereocenters. The molecule has 214 valence electrons. The summed E-state index contributed by atoms with van der Waals surface area (Å²) in [6.45, 7) is 15.4. The number of fused-ring (bicyclic) bond motifs is 2. The maximum atomic E-state index is 4.93. The molecule has 0 N–H and O–H groups in total. The number of rotatable bonds is 3. The zero-order chi connectivity index (χ0) is 30.6. The molecule has 4 heteroatoms. The van der Waals surface area contributed by atoms with E-state index in [0.717, 1.165) is 9.52 Å². The summed E-state index contributed by atoms with van der Waals surface area (Å²) in [7, 11) is 11.0. The van der Waals surface area contributed by atoms with Crippen LogP contribution in [-0.4, -0.2) is 9.52 Å². The molecule has 6 aromatic carbocycles. The number of aryl methyl sites for hydroxylation is 3. The summed E-state index contributed by atoms with van der Waals surface area (Å²) >= 11 is -0.826. The fourth-order valence-corrected chi connectivity index (χ4v) is 5.13. The first-order chi connectivity index (χ1) is 20.2. The van der Waals surface area contributed by atoms with Crippen LogP contribution in [0.4, 0.5) is 0 Å². The summed E-state index contributed by atoms with van der Waals surface area (Å²) in [5.41, 5.74) is 10.8. The molecule has 0 aromatic heterocycles. The van der Waals surface area contributed by atoms with Gasteiger partial charge in [-0.2, -0.15) is 12.1 Å². The second-order valence-corrected chi connectivity index (χ2v) is 15.5. The van der Waals surface area contributed by atoms with Gasteiger partial charge in [-0.15, -0.1) is 68.1 Å². The van der Waals surface area contributed by atoms with Crippen molar-refractivity contribution in [3.63, 3.8) is 0 Å². The molecule has 42 heavy (non-hydrogen) atoms. The van der Waals surface area contributed by atoms with E-state index >= 15 is 0 Å². The van der Waals surface area contributed by atoms with E-state index in [1.54, 1.807) is 0 Å². The fraction of sp³-hybridized carbons (Fsp3) is 0.211. The molecule has 0 fully saturated rings. The number of benzene rings is 4. The van der Waals surface area contributed by atoms with Gasteiger partial charge in [-0.3, -0.25) is 0 Å². The topological polar surface area (TPSA) is 0 Å². The molecule has 0 saturated heterocycles. The van der Waals surface area contributed by atoms with Gasteiger partial charge in [0.1, 0.15) is 0 Å². The molecule has 0 atom stereocenters. The molecule has 0 aliphatic carbocycles. The first kappa shape index (κ1) is 34.3. The quantitative estimate of drug-likeness (QED) is 0.128. The predicted molar refractivity (Wildman–Crippen MR) is 187 cm³/mol. The van der Waals surface area contributed by atoms with Gasteiger partial charge in [0.05, 0.1) is 0 Å². The van der Waals surface area contributed by atoms with Crippen molar-refractivity contribution in [2.45, 2.75) is 53.6 Å². The Hall–Kier alpha value is -2.22. The summed E-state index contributed by atoms with van der Waals surface area (Å²) in [4.78, 5) is 0. The fourth-order valence-electron chi connectivity index (χ4n) is 5.13. The molecular weight excluding hydrogens is 647 g/mol. The average molecular weight is 687 g/mol. The van der Waals surface area contributed by atoms with Gasteiger partial charge in [0.15, 0.2) is 0 Å². The Morgan fingerprint density at radius 2 is 1.02 bits per heavy atom. The second kappa shape index (κ2) is 17.2. The van der Waals surface area contributed by atoms with Gasteiger partial charge in [0.25, 0.3) is 0 Å². The first-order valence-corrected chi connectivity index (χ1v) is 22.6. The third-order valence-corrected chi connectivity index (χ3v) is 7.21. The van der Waals surface area contributed by atoms with Crippen molar-refractivity contribution in [3.05, 3.63) is 131 Å². The summed E-state index contributed by atoms with van der Waals surface area (Å²) in [6, 6.07) is 39.4. The van der Waals surface area contributed by atoms with E-state index in [1.165, 1.54) is 66.1 Å². The Labute approximate surface area is 274 Å². The van der Waals surface area contributed by atoms with Crippen molar-refractivity contribution in [2.75, 3.05) is 0 Å². The zero-order valence-corrected chi connectivity index (χ0v) is 30.7. The molecule has 2 radical (unpaired) electrons. The molecule has 0 amide bonds. The minimum absolute atomic E-state index is 0.579. The average Bonchev–Trinajstić information content (AvgIpc) is 3.61. The summed E-state index contributed by atoms with van der Waals surface area (Å²) < 4.78 is 0. The molecule has 6 aromatic rings. The Kier molecular flexibility index (Phi) is 14.0. The van der Waals surface area contributed by atoms with Crippen LogP contribution >= 0.6 is 17.0 Å². The van der Waals surface area contributed by atoms with E-state index < -0.39 is 20.8 Å². The third-order valence-electron chi connectivity index (χ3n) is 7.21. The van der Waals surface area contributed by atoms with E-state index in [1.807, 2.05) is 0 Å². The Morgan fingerprint density at radius 3 is 1.45 bits per heavy atom. The second-order valence-electron chi connectivity index (χ2n) is 10.8. The summed E-state index contributed by atoms with van der Waals surface area (Å²) in [5.74, 6) is 0.579. The van der Waals surface area contributed by atoms with Crippen LogP contribution in [0.1, 0.15) is 42.0 Å². The van der Waals surface area contributed by atoms with E-state index in [9.17, 15) is 0 Å². The molecule has 0 spiro atoms. The van der Waals surface area contributed by atoms with Gasteiger partial charge in [-0.25, -0.2) is 0 Å².